The summed E-state index contributed by atoms with van der Waals surface area (Å²) in [5.74, 6) is 0. The zero-order valence-electron chi connectivity index (χ0n) is 15.4. The summed E-state index contributed by atoms with van der Waals surface area (Å²) in [7, 11) is -2.68. The third-order valence-corrected chi connectivity index (χ3v) is 7.05. The molecule has 4 aromatic rings. The van der Waals surface area contributed by atoms with Gasteiger partial charge in [-0.3, -0.25) is 0 Å². The van der Waals surface area contributed by atoms with Gasteiger partial charge in [0.1, 0.15) is 21.5 Å². The maximum atomic E-state index is 13.7. The van der Waals surface area contributed by atoms with E-state index in [1.807, 2.05) is 79.7 Å². The maximum Gasteiger partial charge on any atom is 0.144 e. The highest BCUT2D eigenvalue weighted by Crippen LogP contribution is 2.42. The molecule has 4 heteroatoms. The molecule has 0 N–H and O–H groups in total. The van der Waals surface area contributed by atoms with Crippen molar-refractivity contribution in [1.29, 1.82) is 0 Å². The van der Waals surface area contributed by atoms with E-state index in [1.54, 1.807) is 5.41 Å². The molecule has 0 bridgehead atoms. The third kappa shape index (κ3) is 2.78. The Kier molecular flexibility index (Phi) is 3.97. The SMILES string of the molecule is CC1=C[S+]([O-])(c2ccccc2)=Nc2c1ccc1ccc(-c3ccccc3)nc21. The third-order valence-electron chi connectivity index (χ3n) is 4.97. The highest BCUT2D eigenvalue weighted by molar-refractivity contribution is 8.03. The van der Waals surface area contributed by atoms with Gasteiger partial charge >= 0.3 is 0 Å². The zero-order chi connectivity index (χ0) is 19.1. The average molecular weight is 382 g/mol. The quantitative estimate of drug-likeness (QED) is 0.375. The van der Waals surface area contributed by atoms with Gasteiger partial charge in [-0.2, -0.15) is 0 Å². The molecule has 3 aromatic carbocycles. The standard InChI is InChI=1S/C24H18N2OS/c1-17-16-28(27,20-10-6-3-7-11-20)26-24-21(17)14-12-19-13-15-22(25-23(19)24)18-8-4-2-5-9-18/h2-16H,1H3. The molecule has 1 aromatic heterocycles. The van der Waals surface area contributed by atoms with E-state index >= 15 is 0 Å². The Bertz CT molecular complexity index is 1280. The van der Waals surface area contributed by atoms with Crippen molar-refractivity contribution in [3.05, 3.63) is 95.9 Å². The zero-order valence-corrected chi connectivity index (χ0v) is 16.2. The van der Waals surface area contributed by atoms with Crippen LogP contribution < -0.4 is 0 Å². The molecule has 2 heterocycles. The molecular weight excluding hydrogens is 364 g/mol. The summed E-state index contributed by atoms with van der Waals surface area (Å²) in [4.78, 5) is 5.62. The molecule has 1 aliphatic heterocycles. The number of aromatic nitrogens is 1. The number of allylic oxidation sites excluding steroid dienone is 1. The monoisotopic (exact) mass is 382 g/mol. The van der Waals surface area contributed by atoms with Gasteiger partial charge in [-0.1, -0.05) is 71.1 Å². The molecule has 0 saturated carbocycles. The first-order valence-corrected chi connectivity index (χ1v) is 10.7. The molecule has 0 aliphatic carbocycles. The minimum atomic E-state index is -2.68. The average Bonchev–Trinajstić information content (AvgIpc) is 2.74. The molecule has 0 fully saturated rings. The Morgan fingerprint density at radius 2 is 1.46 bits per heavy atom. The van der Waals surface area contributed by atoms with E-state index in [9.17, 15) is 4.55 Å². The van der Waals surface area contributed by atoms with E-state index in [2.05, 4.69) is 12.1 Å². The van der Waals surface area contributed by atoms with Crippen LogP contribution in [0.2, 0.25) is 0 Å². The highest BCUT2D eigenvalue weighted by Gasteiger charge is 2.25. The van der Waals surface area contributed by atoms with E-state index in [0.717, 1.165) is 38.2 Å². The molecular formula is C24H18N2OS. The number of pyridine rings is 1. The Hall–Kier alpha value is -3.08. The molecule has 28 heavy (non-hydrogen) atoms. The van der Waals surface area contributed by atoms with E-state index in [1.165, 1.54) is 0 Å². The van der Waals surface area contributed by atoms with Gasteiger partial charge in [-0.15, -0.1) is 0 Å². The molecule has 1 atom stereocenters. The summed E-state index contributed by atoms with van der Waals surface area (Å²) in [5, 5.41) is 2.78. The second kappa shape index (κ2) is 6.51. The van der Waals surface area contributed by atoms with Crippen LogP contribution in [-0.4, -0.2) is 9.54 Å². The highest BCUT2D eigenvalue weighted by atomic mass is 32.3. The number of rotatable bonds is 2. The molecule has 3 nitrogen and oxygen atoms in total. The maximum absolute atomic E-state index is 13.7. The van der Waals surface area contributed by atoms with Gasteiger partial charge in [0.15, 0.2) is 0 Å². The summed E-state index contributed by atoms with van der Waals surface area (Å²) in [6.45, 7) is 1.99. The van der Waals surface area contributed by atoms with Crippen molar-refractivity contribution in [2.24, 2.45) is 4.36 Å². The summed E-state index contributed by atoms with van der Waals surface area (Å²) in [6, 6.07) is 27.7. The van der Waals surface area contributed by atoms with Crippen LogP contribution in [0.15, 0.2) is 99.6 Å². The van der Waals surface area contributed by atoms with Gasteiger partial charge < -0.3 is 4.55 Å². The van der Waals surface area contributed by atoms with E-state index < -0.39 is 10.1 Å². The van der Waals surface area contributed by atoms with Crippen molar-refractivity contribution in [2.45, 2.75) is 11.8 Å². The topological polar surface area (TPSA) is 48.3 Å². The van der Waals surface area contributed by atoms with Crippen molar-refractivity contribution in [1.82, 2.24) is 4.98 Å². The lowest BCUT2D eigenvalue weighted by Crippen LogP contribution is -2.10. The minimum Gasteiger partial charge on any atom is -0.622 e. The Morgan fingerprint density at radius 3 is 2.21 bits per heavy atom. The summed E-state index contributed by atoms with van der Waals surface area (Å²) < 4.78 is 18.5. The fraction of sp³-hybridized carbons (Fsp3) is 0.0417. The number of fused-ring (bicyclic) bond motifs is 3. The predicted molar refractivity (Wildman–Crippen MR) is 116 cm³/mol. The van der Waals surface area contributed by atoms with Crippen LogP contribution in [0.1, 0.15) is 12.5 Å². The predicted octanol–water partition coefficient (Wildman–Crippen LogP) is 6.43. The Labute approximate surface area is 165 Å². The second-order valence-electron chi connectivity index (χ2n) is 6.87. The molecule has 0 amide bonds. The summed E-state index contributed by atoms with van der Waals surface area (Å²) in [5.41, 5.74) is 5.39. The van der Waals surface area contributed by atoms with E-state index in [4.69, 9.17) is 9.35 Å². The minimum absolute atomic E-state index is 0.712. The molecule has 136 valence electrons. The van der Waals surface area contributed by atoms with Crippen LogP contribution in [0.4, 0.5) is 5.69 Å². The van der Waals surface area contributed by atoms with Crippen LogP contribution in [0, 0.1) is 0 Å². The van der Waals surface area contributed by atoms with Crippen molar-refractivity contribution >= 4 is 32.3 Å². The number of benzene rings is 3. The smallest absolute Gasteiger partial charge is 0.144 e. The normalized spacial score (nSPS) is 18.3. The summed E-state index contributed by atoms with van der Waals surface area (Å²) >= 11 is 0. The lowest BCUT2D eigenvalue weighted by atomic mass is 10.0. The Morgan fingerprint density at radius 1 is 0.786 bits per heavy atom. The van der Waals surface area contributed by atoms with Gasteiger partial charge in [-0.05, 0) is 35.2 Å². The first-order chi connectivity index (χ1) is 13.6. The number of nitrogens with zero attached hydrogens (tertiary/aromatic N) is 2. The lowest BCUT2D eigenvalue weighted by Gasteiger charge is -2.24. The van der Waals surface area contributed by atoms with E-state index in [0.29, 0.717) is 5.69 Å². The molecule has 0 spiro atoms. The molecule has 5 rings (SSSR count). The van der Waals surface area contributed by atoms with Crippen LogP contribution in [0.25, 0.3) is 27.7 Å². The fourth-order valence-electron chi connectivity index (χ4n) is 3.56. The van der Waals surface area contributed by atoms with Gasteiger partial charge in [0.05, 0.1) is 5.69 Å². The summed E-state index contributed by atoms with van der Waals surface area (Å²) in [6.07, 6.45) is 0. The first-order valence-electron chi connectivity index (χ1n) is 9.14. The fourth-order valence-corrected chi connectivity index (χ4v) is 5.46. The van der Waals surface area contributed by atoms with Crippen LogP contribution in [-0.2, 0) is 10.1 Å². The number of hydrogen-bond donors (Lipinski definition) is 0. The molecule has 0 radical (unpaired) electrons. The van der Waals surface area contributed by atoms with Crippen LogP contribution >= 0.6 is 0 Å². The molecule has 1 aliphatic rings. The first kappa shape index (κ1) is 17.0. The van der Waals surface area contributed by atoms with Gasteiger partial charge in [0, 0.05) is 22.1 Å². The largest absolute Gasteiger partial charge is 0.622 e. The van der Waals surface area contributed by atoms with E-state index in [-0.39, 0.29) is 0 Å². The molecule has 0 saturated heterocycles. The van der Waals surface area contributed by atoms with Gasteiger partial charge in [0.2, 0.25) is 0 Å². The molecule has 1 unspecified atom stereocenters. The van der Waals surface area contributed by atoms with Gasteiger partial charge in [0.25, 0.3) is 0 Å². The van der Waals surface area contributed by atoms with Crippen molar-refractivity contribution in [2.75, 3.05) is 0 Å². The van der Waals surface area contributed by atoms with Crippen molar-refractivity contribution in [3.63, 3.8) is 0 Å². The second-order valence-corrected chi connectivity index (χ2v) is 8.90. The van der Waals surface area contributed by atoms with Crippen LogP contribution in [0.5, 0.6) is 0 Å². The number of hydrogen-bond acceptors (Lipinski definition) is 3. The lowest BCUT2D eigenvalue weighted by molar-refractivity contribution is 0.593. The Balaban J connectivity index is 1.79. The van der Waals surface area contributed by atoms with Crippen molar-refractivity contribution < 1.29 is 4.55 Å². The van der Waals surface area contributed by atoms with Crippen molar-refractivity contribution in [3.8, 4) is 11.3 Å². The van der Waals surface area contributed by atoms with Crippen LogP contribution in [0.3, 0.4) is 0 Å². The van der Waals surface area contributed by atoms with Gasteiger partial charge in [-0.25, -0.2) is 4.98 Å².